The summed E-state index contributed by atoms with van der Waals surface area (Å²) in [6.07, 6.45) is 11.3. The van der Waals surface area contributed by atoms with Crippen LogP contribution in [-0.2, 0) is 11.0 Å². The summed E-state index contributed by atoms with van der Waals surface area (Å²) in [6, 6.07) is 5.70. The van der Waals surface area contributed by atoms with Gasteiger partial charge in [-0.2, -0.15) is 0 Å². The van der Waals surface area contributed by atoms with E-state index in [-0.39, 0.29) is 11.8 Å². The topological polar surface area (TPSA) is 76.0 Å². The molecule has 160 valence electrons. The molecule has 1 aliphatic rings. The lowest BCUT2D eigenvalue weighted by Crippen LogP contribution is -2.36. The number of rotatable bonds is 12. The number of unbranched alkanes of at least 4 members (excludes halogenated alkanes) is 6. The quantitative estimate of drug-likeness (QED) is 0.332. The van der Waals surface area contributed by atoms with Gasteiger partial charge >= 0.3 is 7.60 Å². The SMILES string of the molecule is CCCCCCCCCC1(C)CCc2cc(OC(C)CP(=O)(O)O)ccc2O1. The van der Waals surface area contributed by atoms with E-state index in [1.54, 1.807) is 6.92 Å². The van der Waals surface area contributed by atoms with E-state index in [1.807, 2.05) is 18.2 Å². The zero-order valence-corrected chi connectivity index (χ0v) is 18.5. The van der Waals surface area contributed by atoms with Crippen molar-refractivity contribution in [3.8, 4) is 11.5 Å². The number of benzene rings is 1. The molecule has 0 aliphatic carbocycles. The molecule has 0 saturated carbocycles. The molecule has 0 aromatic heterocycles. The number of hydrogen-bond acceptors (Lipinski definition) is 3. The van der Waals surface area contributed by atoms with Crippen LogP contribution in [0.4, 0.5) is 0 Å². The first-order valence-corrected chi connectivity index (χ1v) is 12.5. The highest BCUT2D eigenvalue weighted by atomic mass is 31.2. The summed E-state index contributed by atoms with van der Waals surface area (Å²) in [5, 5.41) is 0. The Balaban J connectivity index is 1.82. The van der Waals surface area contributed by atoms with E-state index in [0.717, 1.165) is 30.6 Å². The zero-order valence-electron chi connectivity index (χ0n) is 17.7. The second kappa shape index (κ2) is 10.7. The molecule has 1 aromatic carbocycles. The first-order valence-electron chi connectivity index (χ1n) is 10.7. The van der Waals surface area contributed by atoms with E-state index in [0.29, 0.717) is 5.75 Å². The molecule has 2 unspecified atom stereocenters. The average molecular weight is 413 g/mol. The molecule has 2 N–H and O–H groups in total. The van der Waals surface area contributed by atoms with Crippen molar-refractivity contribution in [2.45, 2.75) is 96.7 Å². The summed E-state index contributed by atoms with van der Waals surface area (Å²) in [7, 11) is -4.07. The van der Waals surface area contributed by atoms with Gasteiger partial charge in [-0.05, 0) is 63.3 Å². The van der Waals surface area contributed by atoms with Crippen molar-refractivity contribution in [1.82, 2.24) is 0 Å². The summed E-state index contributed by atoms with van der Waals surface area (Å²) >= 11 is 0. The van der Waals surface area contributed by atoms with E-state index in [4.69, 9.17) is 19.3 Å². The lowest BCUT2D eigenvalue weighted by Gasteiger charge is -2.36. The molecule has 0 fully saturated rings. The van der Waals surface area contributed by atoms with Crippen molar-refractivity contribution in [2.75, 3.05) is 6.16 Å². The Morgan fingerprint density at radius 3 is 2.54 bits per heavy atom. The van der Waals surface area contributed by atoms with Gasteiger partial charge in [0.25, 0.3) is 0 Å². The third-order valence-corrected chi connectivity index (χ3v) is 6.44. The van der Waals surface area contributed by atoms with Gasteiger partial charge < -0.3 is 19.3 Å². The highest BCUT2D eigenvalue weighted by Crippen LogP contribution is 2.39. The molecule has 2 rings (SSSR count). The van der Waals surface area contributed by atoms with Crippen LogP contribution in [0.3, 0.4) is 0 Å². The first-order chi connectivity index (χ1) is 13.2. The molecular formula is C22H37O5P. The molecule has 2 atom stereocenters. The van der Waals surface area contributed by atoms with Crippen molar-refractivity contribution < 1.29 is 23.8 Å². The largest absolute Gasteiger partial charge is 0.490 e. The number of fused-ring (bicyclic) bond motifs is 1. The van der Waals surface area contributed by atoms with Crippen molar-refractivity contribution in [3.63, 3.8) is 0 Å². The Labute approximate surface area is 170 Å². The minimum absolute atomic E-state index is 0.105. The summed E-state index contributed by atoms with van der Waals surface area (Å²) in [5.74, 6) is 1.55. The molecule has 0 amide bonds. The summed E-state index contributed by atoms with van der Waals surface area (Å²) in [6.45, 7) is 6.13. The lowest BCUT2D eigenvalue weighted by atomic mass is 9.88. The van der Waals surface area contributed by atoms with Crippen molar-refractivity contribution >= 4 is 7.60 Å². The van der Waals surface area contributed by atoms with Gasteiger partial charge in [-0.1, -0.05) is 45.4 Å². The fourth-order valence-corrected chi connectivity index (χ4v) is 4.62. The highest BCUT2D eigenvalue weighted by Gasteiger charge is 2.31. The molecule has 28 heavy (non-hydrogen) atoms. The van der Waals surface area contributed by atoms with Gasteiger partial charge in [0.1, 0.15) is 23.2 Å². The Kier molecular flexibility index (Phi) is 8.85. The fourth-order valence-electron chi connectivity index (χ4n) is 3.88. The second-order valence-electron chi connectivity index (χ2n) is 8.47. The average Bonchev–Trinajstić information content (AvgIpc) is 2.59. The van der Waals surface area contributed by atoms with Crippen LogP contribution in [0.2, 0.25) is 0 Å². The maximum Gasteiger partial charge on any atom is 0.329 e. The summed E-state index contributed by atoms with van der Waals surface area (Å²) in [4.78, 5) is 18.1. The standard InChI is InChI=1S/C22H37O5P/c1-4-5-6-7-8-9-10-14-22(3)15-13-19-16-20(11-12-21(19)27-22)26-18(2)17-28(23,24)25/h11-12,16,18H,4-10,13-15,17H2,1-3H3,(H2,23,24,25). The summed E-state index contributed by atoms with van der Waals surface area (Å²) in [5.41, 5.74) is 1.00. The molecule has 1 heterocycles. The van der Waals surface area contributed by atoms with E-state index in [9.17, 15) is 4.57 Å². The molecule has 1 aliphatic heterocycles. The molecule has 0 spiro atoms. The van der Waals surface area contributed by atoms with Crippen LogP contribution in [-0.4, -0.2) is 27.7 Å². The van der Waals surface area contributed by atoms with Gasteiger partial charge in [0, 0.05) is 0 Å². The van der Waals surface area contributed by atoms with Gasteiger partial charge in [-0.15, -0.1) is 0 Å². The van der Waals surface area contributed by atoms with Gasteiger partial charge in [0.05, 0.1) is 6.16 Å². The Morgan fingerprint density at radius 2 is 1.86 bits per heavy atom. The molecule has 6 heteroatoms. The van der Waals surface area contributed by atoms with Crippen LogP contribution in [0.25, 0.3) is 0 Å². The number of ether oxygens (including phenoxy) is 2. The Bertz CT molecular complexity index is 656. The van der Waals surface area contributed by atoms with Crippen LogP contribution in [0.5, 0.6) is 11.5 Å². The van der Waals surface area contributed by atoms with Gasteiger partial charge in [-0.3, -0.25) is 4.57 Å². The molecular weight excluding hydrogens is 375 g/mol. The third kappa shape index (κ3) is 8.14. The minimum Gasteiger partial charge on any atom is -0.490 e. The van der Waals surface area contributed by atoms with Crippen molar-refractivity contribution in [2.24, 2.45) is 0 Å². The van der Waals surface area contributed by atoms with Crippen LogP contribution in [0, 0.1) is 0 Å². The highest BCUT2D eigenvalue weighted by molar-refractivity contribution is 7.51. The normalized spacial score (nSPS) is 20.3. The fraction of sp³-hybridized carbons (Fsp3) is 0.727. The van der Waals surface area contributed by atoms with E-state index in [2.05, 4.69) is 13.8 Å². The lowest BCUT2D eigenvalue weighted by molar-refractivity contribution is 0.0532. The number of hydrogen-bond donors (Lipinski definition) is 2. The molecule has 0 radical (unpaired) electrons. The minimum atomic E-state index is -4.07. The van der Waals surface area contributed by atoms with E-state index >= 15 is 0 Å². The van der Waals surface area contributed by atoms with Gasteiger partial charge in [0.2, 0.25) is 0 Å². The van der Waals surface area contributed by atoms with Gasteiger partial charge in [-0.25, -0.2) is 0 Å². The predicted octanol–water partition coefficient (Wildman–Crippen LogP) is 5.86. The number of aryl methyl sites for hydroxylation is 1. The van der Waals surface area contributed by atoms with Gasteiger partial charge in [0.15, 0.2) is 0 Å². The van der Waals surface area contributed by atoms with E-state index in [1.165, 1.54) is 44.9 Å². The zero-order chi connectivity index (χ0) is 20.6. The smallest absolute Gasteiger partial charge is 0.329 e. The predicted molar refractivity (Wildman–Crippen MR) is 113 cm³/mol. The van der Waals surface area contributed by atoms with Crippen molar-refractivity contribution in [3.05, 3.63) is 23.8 Å². The Morgan fingerprint density at radius 1 is 1.18 bits per heavy atom. The molecule has 0 saturated heterocycles. The maximum absolute atomic E-state index is 11.1. The third-order valence-electron chi connectivity index (χ3n) is 5.45. The van der Waals surface area contributed by atoms with Crippen LogP contribution < -0.4 is 9.47 Å². The second-order valence-corrected chi connectivity index (χ2v) is 10.2. The van der Waals surface area contributed by atoms with Crippen LogP contribution >= 0.6 is 7.60 Å². The van der Waals surface area contributed by atoms with Crippen LogP contribution in [0.1, 0.15) is 84.1 Å². The monoisotopic (exact) mass is 412 g/mol. The maximum atomic E-state index is 11.1. The first kappa shape index (κ1) is 23.3. The molecule has 5 nitrogen and oxygen atoms in total. The Hall–Kier alpha value is -1.03. The van der Waals surface area contributed by atoms with E-state index < -0.39 is 13.7 Å². The summed E-state index contributed by atoms with van der Waals surface area (Å²) < 4.78 is 23.1. The molecule has 1 aromatic rings. The molecule has 0 bridgehead atoms. The van der Waals surface area contributed by atoms with Crippen LogP contribution in [0.15, 0.2) is 18.2 Å². The van der Waals surface area contributed by atoms with Crippen molar-refractivity contribution in [1.29, 1.82) is 0 Å².